The van der Waals surface area contributed by atoms with Gasteiger partial charge in [-0.25, -0.2) is 4.98 Å². The Kier molecular flexibility index (Phi) is 5.41. The Labute approximate surface area is 148 Å². The largest absolute Gasteiger partial charge is 0.476 e. The van der Waals surface area contributed by atoms with Crippen LogP contribution in [0.15, 0.2) is 42.6 Å². The number of alkyl halides is 3. The molecule has 1 aromatic carbocycles. The molecule has 0 saturated heterocycles. The highest BCUT2D eigenvalue weighted by Gasteiger charge is 2.30. The zero-order valence-electron chi connectivity index (χ0n) is 13.9. The number of pyridine rings is 1. The summed E-state index contributed by atoms with van der Waals surface area (Å²) >= 11 is 0. The number of hydrogen-bond acceptors (Lipinski definition) is 4. The first-order valence-corrected chi connectivity index (χ1v) is 8.14. The fourth-order valence-electron chi connectivity index (χ4n) is 2.75. The lowest BCUT2D eigenvalue weighted by Crippen LogP contribution is -2.36. The van der Waals surface area contributed by atoms with Crippen LogP contribution in [0.2, 0.25) is 0 Å². The van der Waals surface area contributed by atoms with Crippen LogP contribution in [0.25, 0.3) is 0 Å². The quantitative estimate of drug-likeness (QED) is 0.800. The van der Waals surface area contributed by atoms with Crippen LogP contribution in [0.5, 0.6) is 5.88 Å². The van der Waals surface area contributed by atoms with Gasteiger partial charge in [0.25, 0.3) is 0 Å². The maximum atomic E-state index is 12.4. The number of nitrogens with one attached hydrogen (secondary N) is 1. The van der Waals surface area contributed by atoms with Gasteiger partial charge in [0.2, 0.25) is 11.8 Å². The predicted molar refractivity (Wildman–Crippen MR) is 88.3 cm³/mol. The van der Waals surface area contributed by atoms with Crippen molar-refractivity contribution in [3.05, 3.63) is 59.3 Å². The lowest BCUT2D eigenvalue weighted by molar-refractivity contribution is -0.137. The van der Waals surface area contributed by atoms with Crippen LogP contribution in [-0.2, 0) is 24.1 Å². The summed E-state index contributed by atoms with van der Waals surface area (Å²) in [6.45, 7) is 2.16. The van der Waals surface area contributed by atoms with Gasteiger partial charge in [-0.05, 0) is 17.2 Å². The number of aromatic nitrogens is 1. The molecule has 1 N–H and O–H groups in total. The van der Waals surface area contributed by atoms with Crippen LogP contribution >= 0.6 is 0 Å². The van der Waals surface area contributed by atoms with Crippen molar-refractivity contribution in [3.63, 3.8) is 0 Å². The highest BCUT2D eigenvalue weighted by molar-refractivity contribution is 5.78. The van der Waals surface area contributed by atoms with Crippen molar-refractivity contribution in [3.8, 4) is 5.88 Å². The average molecular weight is 365 g/mol. The number of fused-ring (bicyclic) bond motifs is 1. The summed E-state index contributed by atoms with van der Waals surface area (Å²) < 4.78 is 42.5. The molecule has 3 rings (SSSR count). The molecule has 0 radical (unpaired) electrons. The summed E-state index contributed by atoms with van der Waals surface area (Å²) in [4.78, 5) is 17.6. The monoisotopic (exact) mass is 365 g/mol. The molecule has 2 heterocycles. The number of amides is 1. The minimum Gasteiger partial charge on any atom is -0.476 e. The van der Waals surface area contributed by atoms with Crippen molar-refractivity contribution in [2.45, 2.75) is 19.3 Å². The molecular weight excluding hydrogens is 347 g/mol. The van der Waals surface area contributed by atoms with Crippen LogP contribution in [0.4, 0.5) is 13.2 Å². The first-order valence-electron chi connectivity index (χ1n) is 8.14. The van der Waals surface area contributed by atoms with Gasteiger partial charge in [0.05, 0.1) is 18.7 Å². The Hall–Kier alpha value is -2.61. The zero-order chi connectivity index (χ0) is 18.6. The maximum absolute atomic E-state index is 12.4. The second-order valence-corrected chi connectivity index (χ2v) is 6.00. The van der Waals surface area contributed by atoms with Crippen LogP contribution in [0.3, 0.4) is 0 Å². The van der Waals surface area contributed by atoms with E-state index in [-0.39, 0.29) is 31.5 Å². The number of carbonyl (C=O) groups is 1. The number of ether oxygens (including phenoxy) is 1. The van der Waals surface area contributed by atoms with E-state index in [1.54, 1.807) is 0 Å². The van der Waals surface area contributed by atoms with Gasteiger partial charge in [0.15, 0.2) is 0 Å². The van der Waals surface area contributed by atoms with Gasteiger partial charge in [0.1, 0.15) is 6.61 Å². The second-order valence-electron chi connectivity index (χ2n) is 6.00. The van der Waals surface area contributed by atoms with Crippen LogP contribution in [0.1, 0.15) is 16.7 Å². The molecule has 1 aromatic heterocycles. The van der Waals surface area contributed by atoms with Crippen molar-refractivity contribution in [1.29, 1.82) is 0 Å². The number of rotatable bonds is 6. The Morgan fingerprint density at radius 2 is 1.85 bits per heavy atom. The molecule has 1 aliphatic rings. The van der Waals surface area contributed by atoms with E-state index >= 15 is 0 Å². The lowest BCUT2D eigenvalue weighted by Gasteiger charge is -2.14. The van der Waals surface area contributed by atoms with Gasteiger partial charge >= 0.3 is 6.18 Å². The number of halogens is 3. The van der Waals surface area contributed by atoms with Crippen molar-refractivity contribution >= 4 is 5.91 Å². The fraction of sp³-hybridized carbons (Fsp3) is 0.333. The van der Waals surface area contributed by atoms with Crippen molar-refractivity contribution in [2.24, 2.45) is 0 Å². The van der Waals surface area contributed by atoms with E-state index in [0.29, 0.717) is 0 Å². The first-order chi connectivity index (χ1) is 12.4. The Morgan fingerprint density at radius 1 is 1.15 bits per heavy atom. The van der Waals surface area contributed by atoms with Crippen LogP contribution in [-0.4, -0.2) is 35.5 Å². The summed E-state index contributed by atoms with van der Waals surface area (Å²) in [6.07, 6.45) is -3.70. The van der Waals surface area contributed by atoms with Gasteiger partial charge in [0, 0.05) is 25.4 Å². The molecule has 0 atom stereocenters. The third kappa shape index (κ3) is 4.72. The molecule has 0 fully saturated rings. The summed E-state index contributed by atoms with van der Waals surface area (Å²) in [5.74, 6) is -0.0379. The average Bonchev–Trinajstić information content (AvgIpc) is 3.00. The van der Waals surface area contributed by atoms with Crippen molar-refractivity contribution in [2.75, 3.05) is 19.7 Å². The third-order valence-electron chi connectivity index (χ3n) is 4.01. The second kappa shape index (κ2) is 7.74. The van der Waals surface area contributed by atoms with E-state index in [1.165, 1.54) is 11.1 Å². The van der Waals surface area contributed by atoms with E-state index in [2.05, 4.69) is 22.4 Å². The summed E-state index contributed by atoms with van der Waals surface area (Å²) in [6, 6.07) is 10.1. The molecule has 0 aliphatic carbocycles. The molecule has 1 amide bonds. The van der Waals surface area contributed by atoms with Gasteiger partial charge in [-0.15, -0.1) is 0 Å². The summed E-state index contributed by atoms with van der Waals surface area (Å²) in [5.41, 5.74) is 1.64. The van der Waals surface area contributed by atoms with E-state index in [4.69, 9.17) is 4.74 Å². The molecule has 0 spiro atoms. The lowest BCUT2D eigenvalue weighted by atomic mass is 10.1. The zero-order valence-corrected chi connectivity index (χ0v) is 13.9. The third-order valence-corrected chi connectivity index (χ3v) is 4.01. The minimum atomic E-state index is -4.42. The Morgan fingerprint density at radius 3 is 2.42 bits per heavy atom. The number of benzene rings is 1. The van der Waals surface area contributed by atoms with Crippen LogP contribution in [0, 0.1) is 0 Å². The standard InChI is InChI=1S/C18H18F3N3O2/c19-18(20,21)15-5-6-17(23-9-15)26-8-7-22-16(25)12-24-10-13-3-1-2-4-14(13)11-24/h1-6,9H,7-8,10-12H2,(H,22,25). The SMILES string of the molecule is O=C(CN1Cc2ccccc2C1)NCCOc1ccc(C(F)(F)F)cn1. The molecule has 138 valence electrons. The highest BCUT2D eigenvalue weighted by Crippen LogP contribution is 2.29. The fourth-order valence-corrected chi connectivity index (χ4v) is 2.75. The normalized spacial score (nSPS) is 14.1. The van der Waals surface area contributed by atoms with E-state index in [1.807, 2.05) is 17.0 Å². The number of nitrogens with zero attached hydrogens (tertiary/aromatic N) is 2. The molecule has 5 nitrogen and oxygen atoms in total. The Balaban J connectivity index is 1.36. The van der Waals surface area contributed by atoms with Gasteiger partial charge in [-0.1, -0.05) is 24.3 Å². The molecular formula is C18H18F3N3O2. The molecule has 26 heavy (non-hydrogen) atoms. The minimum absolute atomic E-state index is 0.0854. The van der Waals surface area contributed by atoms with E-state index < -0.39 is 11.7 Å². The molecule has 0 bridgehead atoms. The van der Waals surface area contributed by atoms with Crippen molar-refractivity contribution in [1.82, 2.24) is 15.2 Å². The highest BCUT2D eigenvalue weighted by atomic mass is 19.4. The topological polar surface area (TPSA) is 54.5 Å². The van der Waals surface area contributed by atoms with Gasteiger partial charge in [-0.2, -0.15) is 13.2 Å². The molecule has 1 aliphatic heterocycles. The summed E-state index contributed by atoms with van der Waals surface area (Å²) in [5, 5.41) is 2.73. The van der Waals surface area contributed by atoms with Crippen molar-refractivity contribution < 1.29 is 22.7 Å². The molecule has 0 unspecified atom stereocenters. The molecule has 0 saturated carbocycles. The van der Waals surface area contributed by atoms with Gasteiger partial charge < -0.3 is 10.1 Å². The first kappa shape index (κ1) is 18.2. The van der Waals surface area contributed by atoms with Gasteiger partial charge in [-0.3, -0.25) is 9.69 Å². The van der Waals surface area contributed by atoms with Crippen LogP contribution < -0.4 is 10.1 Å². The van der Waals surface area contributed by atoms with E-state index in [9.17, 15) is 18.0 Å². The smallest absolute Gasteiger partial charge is 0.417 e. The molecule has 8 heteroatoms. The maximum Gasteiger partial charge on any atom is 0.417 e. The summed E-state index contributed by atoms with van der Waals surface area (Å²) in [7, 11) is 0. The predicted octanol–water partition coefficient (Wildman–Crippen LogP) is 2.61. The van der Waals surface area contributed by atoms with E-state index in [0.717, 1.165) is 31.4 Å². The molecule has 2 aromatic rings. The Bertz CT molecular complexity index is 738. The number of hydrogen-bond donors (Lipinski definition) is 1. The number of carbonyl (C=O) groups excluding carboxylic acids is 1.